The Morgan fingerprint density at radius 2 is 1.58 bits per heavy atom. The van der Waals surface area contributed by atoms with Crippen molar-refractivity contribution in [1.29, 1.82) is 0 Å². The minimum absolute atomic E-state index is 0.0922. The molecule has 0 aromatic rings. The second-order valence-corrected chi connectivity index (χ2v) is 7.97. The highest BCUT2D eigenvalue weighted by molar-refractivity contribution is 6.14. The summed E-state index contributed by atoms with van der Waals surface area (Å²) >= 11 is 0. The Morgan fingerprint density at radius 3 is 2.19 bits per heavy atom. The van der Waals surface area contributed by atoms with E-state index in [1.54, 1.807) is 0 Å². The van der Waals surface area contributed by atoms with Crippen LogP contribution in [0.1, 0.15) is 96.8 Å². The first kappa shape index (κ1) is 26.6. The number of urea groups is 1. The number of esters is 1. The summed E-state index contributed by atoms with van der Waals surface area (Å²) in [7, 11) is 0. The van der Waals surface area contributed by atoms with Gasteiger partial charge in [-0.3, -0.25) is 29.4 Å². The van der Waals surface area contributed by atoms with E-state index in [0.29, 0.717) is 19.3 Å². The van der Waals surface area contributed by atoms with Crippen LogP contribution in [0.3, 0.4) is 0 Å². The van der Waals surface area contributed by atoms with Crippen LogP contribution in [-0.4, -0.2) is 52.4 Å². The van der Waals surface area contributed by atoms with Crippen molar-refractivity contribution in [3.63, 3.8) is 0 Å². The van der Waals surface area contributed by atoms with Crippen LogP contribution in [0.4, 0.5) is 4.79 Å². The average molecular weight is 441 g/mol. The molecule has 1 rings (SSSR count). The van der Waals surface area contributed by atoms with Crippen molar-refractivity contribution in [2.75, 3.05) is 6.61 Å². The van der Waals surface area contributed by atoms with Gasteiger partial charge in [-0.15, -0.1) is 0 Å². The molecule has 2 N–H and O–H groups in total. The predicted molar refractivity (Wildman–Crippen MR) is 113 cm³/mol. The van der Waals surface area contributed by atoms with Gasteiger partial charge in [-0.05, 0) is 19.3 Å². The summed E-state index contributed by atoms with van der Waals surface area (Å²) in [5, 5.41) is 10.8. The van der Waals surface area contributed by atoms with Gasteiger partial charge in [0.05, 0.1) is 19.4 Å². The maximum Gasteiger partial charge on any atom is 0.331 e. The second-order valence-electron chi connectivity index (χ2n) is 7.97. The summed E-state index contributed by atoms with van der Waals surface area (Å²) in [4.78, 5) is 59.1. The van der Waals surface area contributed by atoms with Crippen molar-refractivity contribution in [3.05, 3.63) is 0 Å². The predicted octanol–water partition coefficient (Wildman–Crippen LogP) is 3.54. The summed E-state index contributed by atoms with van der Waals surface area (Å²) in [5.41, 5.74) is 0. The third-order valence-electron chi connectivity index (χ3n) is 5.29. The number of imide groups is 2. The number of aliphatic carboxylic acids is 1. The molecule has 1 heterocycles. The fourth-order valence-corrected chi connectivity index (χ4v) is 3.63. The molecule has 0 aromatic heterocycles. The maximum atomic E-state index is 12.3. The smallest absolute Gasteiger partial charge is 0.331 e. The number of ether oxygens (including phenoxy) is 1. The summed E-state index contributed by atoms with van der Waals surface area (Å²) in [6.45, 7) is 2.28. The number of nitrogens with zero attached hydrogens (tertiary/aromatic N) is 1. The van der Waals surface area contributed by atoms with Crippen LogP contribution in [0.15, 0.2) is 0 Å². The lowest BCUT2D eigenvalue weighted by Gasteiger charge is -2.32. The van der Waals surface area contributed by atoms with E-state index < -0.39 is 29.8 Å². The minimum Gasteiger partial charge on any atom is -0.481 e. The molecule has 0 bridgehead atoms. The molecule has 0 saturated carbocycles. The zero-order valence-electron chi connectivity index (χ0n) is 18.5. The molecule has 1 fully saturated rings. The number of nitrogens with one attached hydrogen (secondary N) is 1. The number of carbonyl (C=O) groups is 5. The van der Waals surface area contributed by atoms with Crippen LogP contribution < -0.4 is 5.32 Å². The molecular weight excluding hydrogens is 404 g/mol. The van der Waals surface area contributed by atoms with Crippen molar-refractivity contribution in [2.45, 2.75) is 103 Å². The van der Waals surface area contributed by atoms with E-state index in [1.165, 1.54) is 32.1 Å². The highest BCUT2D eigenvalue weighted by Crippen LogP contribution is 2.20. The Balaban J connectivity index is 2.46. The lowest BCUT2D eigenvalue weighted by atomic mass is 10.00. The zero-order valence-corrected chi connectivity index (χ0v) is 18.5. The van der Waals surface area contributed by atoms with Gasteiger partial charge in [-0.1, -0.05) is 58.3 Å². The Bertz CT molecular complexity index is 601. The van der Waals surface area contributed by atoms with E-state index in [0.717, 1.165) is 24.2 Å². The van der Waals surface area contributed by atoms with Gasteiger partial charge in [-0.25, -0.2) is 4.79 Å². The third kappa shape index (κ3) is 11.5. The number of amides is 4. The Morgan fingerprint density at radius 1 is 0.968 bits per heavy atom. The molecule has 1 saturated heterocycles. The van der Waals surface area contributed by atoms with Crippen LogP contribution in [0, 0.1) is 0 Å². The topological polar surface area (TPSA) is 130 Å². The van der Waals surface area contributed by atoms with Crippen molar-refractivity contribution >= 4 is 29.8 Å². The Labute approximate surface area is 183 Å². The second kappa shape index (κ2) is 15.4. The molecule has 0 spiro atoms. The lowest BCUT2D eigenvalue weighted by Crippen LogP contribution is -2.56. The van der Waals surface area contributed by atoms with E-state index in [4.69, 9.17) is 9.84 Å². The maximum absolute atomic E-state index is 12.3. The van der Waals surface area contributed by atoms with Gasteiger partial charge in [0.1, 0.15) is 6.42 Å². The molecule has 4 amide bonds. The van der Waals surface area contributed by atoms with Gasteiger partial charge in [0.2, 0.25) is 11.8 Å². The molecule has 1 aliphatic heterocycles. The van der Waals surface area contributed by atoms with Crippen LogP contribution >= 0.6 is 0 Å². The molecule has 31 heavy (non-hydrogen) atoms. The number of carboxylic acids is 1. The fourth-order valence-electron chi connectivity index (χ4n) is 3.63. The molecule has 176 valence electrons. The van der Waals surface area contributed by atoms with Crippen molar-refractivity contribution in [1.82, 2.24) is 10.2 Å². The van der Waals surface area contributed by atoms with Gasteiger partial charge < -0.3 is 9.84 Å². The van der Waals surface area contributed by atoms with Crippen molar-refractivity contribution in [3.8, 4) is 0 Å². The van der Waals surface area contributed by atoms with E-state index >= 15 is 0 Å². The molecule has 1 aliphatic rings. The lowest BCUT2D eigenvalue weighted by molar-refractivity contribution is -0.148. The van der Waals surface area contributed by atoms with Crippen molar-refractivity contribution in [2.24, 2.45) is 0 Å². The first-order valence-corrected chi connectivity index (χ1v) is 11.4. The van der Waals surface area contributed by atoms with E-state index in [1.807, 2.05) is 0 Å². The van der Waals surface area contributed by atoms with E-state index in [9.17, 15) is 24.0 Å². The van der Waals surface area contributed by atoms with Crippen LogP contribution in [-0.2, 0) is 23.9 Å². The van der Waals surface area contributed by atoms with Crippen LogP contribution in [0.2, 0.25) is 0 Å². The highest BCUT2D eigenvalue weighted by Gasteiger charge is 2.35. The zero-order chi connectivity index (χ0) is 23.1. The average Bonchev–Trinajstić information content (AvgIpc) is 2.70. The number of rotatable bonds is 17. The molecule has 1 unspecified atom stereocenters. The third-order valence-corrected chi connectivity index (χ3v) is 5.29. The largest absolute Gasteiger partial charge is 0.481 e. The first-order valence-electron chi connectivity index (χ1n) is 11.4. The Hall–Kier alpha value is -2.45. The number of unbranched alkanes of at least 4 members (excludes halogenated alkanes) is 7. The highest BCUT2D eigenvalue weighted by atomic mass is 16.5. The normalized spacial score (nSPS) is 15.0. The van der Waals surface area contributed by atoms with Crippen molar-refractivity contribution < 1.29 is 33.8 Å². The number of carboxylic acid groups (broad SMARTS) is 1. The number of hydrogen-bond acceptors (Lipinski definition) is 6. The standard InChI is InChI=1S/C22H36N2O7/c1-2-3-4-5-6-7-8-9-11-17(24-19(26)16-18(25)23-22(24)30)12-10-15-31-21(29)14-13-20(27)28/h17H,2-16H2,1H3,(H,27,28)(H,23,25,30). The summed E-state index contributed by atoms with van der Waals surface area (Å²) in [6.07, 6.45) is 9.81. The summed E-state index contributed by atoms with van der Waals surface area (Å²) < 4.78 is 5.03. The molecule has 0 aliphatic carbocycles. The summed E-state index contributed by atoms with van der Waals surface area (Å²) in [6, 6.07) is -1.05. The molecule has 9 heteroatoms. The van der Waals surface area contributed by atoms with Gasteiger partial charge in [0.15, 0.2) is 0 Å². The molecule has 1 atom stereocenters. The van der Waals surface area contributed by atoms with Gasteiger partial charge in [0.25, 0.3) is 0 Å². The quantitative estimate of drug-likeness (QED) is 0.201. The number of hydrogen-bond donors (Lipinski definition) is 2. The molecular formula is C22H36N2O7. The molecule has 9 nitrogen and oxygen atoms in total. The minimum atomic E-state index is -1.06. The van der Waals surface area contributed by atoms with E-state index in [2.05, 4.69) is 12.2 Å². The van der Waals surface area contributed by atoms with Gasteiger partial charge in [-0.2, -0.15) is 0 Å². The SMILES string of the molecule is CCCCCCCCCCC(CCCOC(=O)CCC(=O)O)N1C(=O)CC(=O)NC1=O. The van der Waals surface area contributed by atoms with Crippen LogP contribution in [0.25, 0.3) is 0 Å². The molecule has 0 aromatic carbocycles. The Kier molecular flexibility index (Phi) is 13.2. The van der Waals surface area contributed by atoms with E-state index in [-0.39, 0.29) is 31.9 Å². The van der Waals surface area contributed by atoms with Gasteiger partial charge >= 0.3 is 18.0 Å². The fraction of sp³-hybridized carbons (Fsp3) is 0.773. The van der Waals surface area contributed by atoms with Crippen LogP contribution in [0.5, 0.6) is 0 Å². The number of carbonyl (C=O) groups excluding carboxylic acids is 4. The van der Waals surface area contributed by atoms with Gasteiger partial charge in [0, 0.05) is 6.04 Å². The monoisotopic (exact) mass is 440 g/mol. The number of barbiturate groups is 1. The summed E-state index contributed by atoms with van der Waals surface area (Å²) in [5.74, 6) is -2.74. The molecule has 0 radical (unpaired) electrons. The first-order chi connectivity index (χ1) is 14.8.